The Hall–Kier alpha value is -3.11. The molecule has 3 rings (SSSR count). The van der Waals surface area contributed by atoms with E-state index in [-0.39, 0.29) is 18.0 Å². The topological polar surface area (TPSA) is 91.5 Å². The summed E-state index contributed by atoms with van der Waals surface area (Å²) >= 11 is 3.35. The third-order valence-electron chi connectivity index (χ3n) is 3.91. The molecule has 0 amide bonds. The van der Waals surface area contributed by atoms with Crippen LogP contribution in [0.1, 0.15) is 22.5 Å². The highest BCUT2D eigenvalue weighted by Crippen LogP contribution is 2.23. The molecule has 0 unspecified atom stereocenters. The third kappa shape index (κ3) is 3.46. The quantitative estimate of drug-likeness (QED) is 0.659. The van der Waals surface area contributed by atoms with E-state index in [1.54, 1.807) is 31.2 Å². The van der Waals surface area contributed by atoms with Gasteiger partial charge in [-0.1, -0.05) is 15.9 Å². The number of hydrogen-bond donors (Lipinski definition) is 1. The van der Waals surface area contributed by atoms with Crippen molar-refractivity contribution in [2.45, 2.75) is 13.5 Å². The fourth-order valence-corrected chi connectivity index (χ4v) is 2.76. The summed E-state index contributed by atoms with van der Waals surface area (Å²) in [6, 6.07) is 12.6. The van der Waals surface area contributed by atoms with Crippen molar-refractivity contribution in [3.05, 3.63) is 79.9 Å². The maximum atomic E-state index is 12.5. The second kappa shape index (κ2) is 7.42. The van der Waals surface area contributed by atoms with Gasteiger partial charge in [-0.05, 0) is 48.9 Å². The van der Waals surface area contributed by atoms with Crippen LogP contribution in [0.2, 0.25) is 0 Å². The average Bonchev–Trinajstić information content (AvgIpc) is 3.14. The van der Waals surface area contributed by atoms with E-state index in [0.29, 0.717) is 22.6 Å². The molecule has 0 saturated heterocycles. The van der Waals surface area contributed by atoms with Crippen LogP contribution in [0.25, 0.3) is 0 Å². The summed E-state index contributed by atoms with van der Waals surface area (Å²) in [6.45, 7) is 1.63. The molecule has 2 heterocycles. The minimum absolute atomic E-state index is 0.0196. The highest BCUT2D eigenvalue weighted by molar-refractivity contribution is 9.10. The number of aromatic hydroxyl groups is 1. The summed E-state index contributed by atoms with van der Waals surface area (Å²) in [4.78, 5) is 16.8. The average molecular weight is 412 g/mol. The number of rotatable bonds is 4. The lowest BCUT2D eigenvalue weighted by molar-refractivity contribution is 0.397. The van der Waals surface area contributed by atoms with E-state index in [9.17, 15) is 15.2 Å². The van der Waals surface area contributed by atoms with Crippen LogP contribution < -0.4 is 5.56 Å². The first-order chi connectivity index (χ1) is 12.5. The van der Waals surface area contributed by atoms with Gasteiger partial charge in [0.1, 0.15) is 17.4 Å². The minimum atomic E-state index is -0.570. The summed E-state index contributed by atoms with van der Waals surface area (Å²) in [6.07, 6.45) is 2.93. The highest BCUT2D eigenvalue weighted by Gasteiger charge is 2.18. The van der Waals surface area contributed by atoms with Crippen LogP contribution in [0.15, 0.2) is 61.3 Å². The number of aliphatic imine (C=N–C) groups is 1. The maximum Gasteiger partial charge on any atom is 0.271 e. The van der Waals surface area contributed by atoms with Gasteiger partial charge in [-0.3, -0.25) is 14.4 Å². The molecular weight excluding hydrogens is 398 g/mol. The Morgan fingerprint density at radius 3 is 2.69 bits per heavy atom. The molecule has 1 aromatic carbocycles. The number of halogens is 1. The Balaban J connectivity index is 2.10. The second-order valence-electron chi connectivity index (χ2n) is 5.55. The lowest BCUT2D eigenvalue weighted by Crippen LogP contribution is -2.25. The summed E-state index contributed by atoms with van der Waals surface area (Å²) in [5.74, 6) is 0.231. The molecular formula is C19H14BrN3O3. The number of nitriles is 1. The van der Waals surface area contributed by atoms with E-state index in [2.05, 4.69) is 20.9 Å². The molecule has 0 fully saturated rings. The number of hydrogen-bond acceptors (Lipinski definition) is 5. The van der Waals surface area contributed by atoms with Gasteiger partial charge in [-0.15, -0.1) is 0 Å². The molecule has 0 radical (unpaired) electrons. The lowest BCUT2D eigenvalue weighted by atomic mass is 10.1. The number of furan rings is 1. The van der Waals surface area contributed by atoms with Crippen molar-refractivity contribution in [2.24, 2.45) is 4.99 Å². The molecule has 7 heteroatoms. The molecule has 0 aliphatic carbocycles. The van der Waals surface area contributed by atoms with Gasteiger partial charge in [0.25, 0.3) is 5.56 Å². The first kappa shape index (κ1) is 17.7. The van der Waals surface area contributed by atoms with Gasteiger partial charge in [0.05, 0.1) is 24.1 Å². The van der Waals surface area contributed by atoms with Crippen molar-refractivity contribution in [3.63, 3.8) is 0 Å². The van der Waals surface area contributed by atoms with Crippen LogP contribution in [-0.4, -0.2) is 15.9 Å². The Kier molecular flexibility index (Phi) is 5.05. The molecule has 0 saturated carbocycles. The zero-order valence-corrected chi connectivity index (χ0v) is 15.4. The monoisotopic (exact) mass is 411 g/mol. The fraction of sp³-hybridized carbons (Fsp3) is 0.105. The lowest BCUT2D eigenvalue weighted by Gasteiger charge is -2.13. The highest BCUT2D eigenvalue weighted by atomic mass is 79.9. The molecule has 6 nitrogen and oxygen atoms in total. The van der Waals surface area contributed by atoms with Crippen molar-refractivity contribution >= 4 is 27.8 Å². The van der Waals surface area contributed by atoms with Gasteiger partial charge in [0.15, 0.2) is 0 Å². The molecule has 130 valence electrons. The summed E-state index contributed by atoms with van der Waals surface area (Å²) in [5.41, 5.74) is 0.766. The predicted molar refractivity (Wildman–Crippen MR) is 101 cm³/mol. The van der Waals surface area contributed by atoms with E-state index in [1.165, 1.54) is 12.5 Å². The SMILES string of the molecule is Cc1c(C=Nc2ccc(Br)cc2)c(O)n(Cc2ccco2)c(=O)c1C#N. The Morgan fingerprint density at radius 1 is 1.35 bits per heavy atom. The first-order valence-corrected chi connectivity index (χ1v) is 8.49. The molecule has 0 aliphatic rings. The van der Waals surface area contributed by atoms with E-state index in [4.69, 9.17) is 4.42 Å². The van der Waals surface area contributed by atoms with Gasteiger partial charge in [-0.2, -0.15) is 5.26 Å². The molecule has 1 N–H and O–H groups in total. The third-order valence-corrected chi connectivity index (χ3v) is 4.44. The summed E-state index contributed by atoms with van der Waals surface area (Å²) in [5, 5.41) is 20.0. The van der Waals surface area contributed by atoms with Gasteiger partial charge < -0.3 is 9.52 Å². The van der Waals surface area contributed by atoms with Crippen molar-refractivity contribution in [1.29, 1.82) is 5.26 Å². The smallest absolute Gasteiger partial charge is 0.271 e. The number of nitrogens with zero attached hydrogens (tertiary/aromatic N) is 3. The summed E-state index contributed by atoms with van der Waals surface area (Å²) < 4.78 is 7.27. The fourth-order valence-electron chi connectivity index (χ4n) is 2.50. The van der Waals surface area contributed by atoms with Gasteiger partial charge in [-0.25, -0.2) is 0 Å². The largest absolute Gasteiger partial charge is 0.494 e. The molecule has 26 heavy (non-hydrogen) atoms. The van der Waals surface area contributed by atoms with Crippen LogP contribution >= 0.6 is 15.9 Å². The first-order valence-electron chi connectivity index (χ1n) is 7.69. The van der Waals surface area contributed by atoms with Crippen molar-refractivity contribution < 1.29 is 9.52 Å². The van der Waals surface area contributed by atoms with Crippen LogP contribution in [0.5, 0.6) is 5.88 Å². The normalized spacial score (nSPS) is 11.0. The van der Waals surface area contributed by atoms with Gasteiger partial charge in [0.2, 0.25) is 5.88 Å². The summed E-state index contributed by atoms with van der Waals surface area (Å²) in [7, 11) is 0. The predicted octanol–water partition coefficient (Wildman–Crippen LogP) is 3.89. The molecule has 2 aromatic heterocycles. The Bertz CT molecular complexity index is 1060. The van der Waals surface area contributed by atoms with Gasteiger partial charge in [0, 0.05) is 10.7 Å². The van der Waals surface area contributed by atoms with Crippen LogP contribution in [0.4, 0.5) is 5.69 Å². The molecule has 0 aliphatic heterocycles. The molecule has 0 bridgehead atoms. The Morgan fingerprint density at radius 2 is 2.08 bits per heavy atom. The maximum absolute atomic E-state index is 12.5. The molecule has 0 atom stereocenters. The van der Waals surface area contributed by atoms with Crippen molar-refractivity contribution in [3.8, 4) is 11.9 Å². The van der Waals surface area contributed by atoms with Crippen LogP contribution in [0.3, 0.4) is 0 Å². The van der Waals surface area contributed by atoms with E-state index in [0.717, 1.165) is 9.04 Å². The Labute approximate surface area is 157 Å². The van der Waals surface area contributed by atoms with Crippen LogP contribution in [0, 0.1) is 18.3 Å². The zero-order chi connectivity index (χ0) is 18.7. The number of benzene rings is 1. The standard InChI is InChI=1S/C19H14BrN3O3/c1-12-16(9-21)18(24)23(11-15-3-2-8-26-15)19(25)17(12)10-22-14-6-4-13(20)5-7-14/h2-8,10,25H,11H2,1H3. The van der Waals surface area contributed by atoms with Crippen molar-refractivity contribution in [2.75, 3.05) is 0 Å². The number of pyridine rings is 1. The van der Waals surface area contributed by atoms with Crippen molar-refractivity contribution in [1.82, 2.24) is 4.57 Å². The molecule has 0 spiro atoms. The van der Waals surface area contributed by atoms with Crippen LogP contribution in [-0.2, 0) is 6.54 Å². The zero-order valence-electron chi connectivity index (χ0n) is 13.8. The minimum Gasteiger partial charge on any atom is -0.494 e. The number of aromatic nitrogens is 1. The van der Waals surface area contributed by atoms with E-state index < -0.39 is 5.56 Å². The molecule has 3 aromatic rings. The van der Waals surface area contributed by atoms with E-state index >= 15 is 0 Å². The van der Waals surface area contributed by atoms with E-state index in [1.807, 2.05) is 18.2 Å². The van der Waals surface area contributed by atoms with Gasteiger partial charge >= 0.3 is 0 Å². The second-order valence-corrected chi connectivity index (χ2v) is 6.47.